The highest BCUT2D eigenvalue weighted by Crippen LogP contribution is 2.11. The molecular formula is C11H13N5. The Balaban J connectivity index is 2.26. The summed E-state index contributed by atoms with van der Waals surface area (Å²) in [6, 6.07) is 9.91. The lowest BCUT2D eigenvalue weighted by Crippen LogP contribution is -2.14. The molecule has 0 aliphatic carbocycles. The molecule has 0 radical (unpaired) electrons. The van der Waals surface area contributed by atoms with Crippen LogP contribution in [-0.2, 0) is 6.54 Å². The second kappa shape index (κ2) is 4.06. The first-order chi connectivity index (χ1) is 7.68. The van der Waals surface area contributed by atoms with Crippen molar-refractivity contribution in [1.82, 2.24) is 9.55 Å². The zero-order valence-electron chi connectivity index (χ0n) is 8.72. The third-order valence-corrected chi connectivity index (χ3v) is 2.33. The highest BCUT2D eigenvalue weighted by Gasteiger charge is 2.09. The van der Waals surface area contributed by atoms with Gasteiger partial charge in [-0.2, -0.15) is 0 Å². The molecule has 0 saturated heterocycles. The van der Waals surface area contributed by atoms with Crippen LogP contribution in [0, 0.1) is 5.41 Å². The predicted octanol–water partition coefficient (Wildman–Crippen LogP) is 0.798. The van der Waals surface area contributed by atoms with E-state index < -0.39 is 0 Å². The van der Waals surface area contributed by atoms with E-state index in [0.717, 1.165) is 5.56 Å². The van der Waals surface area contributed by atoms with Gasteiger partial charge in [-0.15, -0.1) is 0 Å². The quantitative estimate of drug-likeness (QED) is 0.522. The number of nitrogen functional groups attached to an aromatic ring is 2. The molecule has 5 heteroatoms. The van der Waals surface area contributed by atoms with Crippen LogP contribution in [0.15, 0.2) is 36.7 Å². The fourth-order valence-corrected chi connectivity index (χ4v) is 1.51. The Morgan fingerprint density at radius 2 is 2.00 bits per heavy atom. The summed E-state index contributed by atoms with van der Waals surface area (Å²) >= 11 is 0. The molecule has 2 rings (SSSR count). The molecule has 1 aromatic heterocycles. The number of nitrogens with two attached hydrogens (primary N) is 2. The lowest BCUT2D eigenvalue weighted by molar-refractivity contribution is 0.808. The SMILES string of the molecule is N=C(N)c1ncn(Cc2ccccc2)c1N. The van der Waals surface area contributed by atoms with Crippen LogP contribution < -0.4 is 11.5 Å². The van der Waals surface area contributed by atoms with Crippen LogP contribution in [0.25, 0.3) is 0 Å². The Morgan fingerprint density at radius 3 is 2.56 bits per heavy atom. The summed E-state index contributed by atoms with van der Waals surface area (Å²) in [7, 11) is 0. The van der Waals surface area contributed by atoms with Gasteiger partial charge in [0.25, 0.3) is 0 Å². The number of amidine groups is 1. The van der Waals surface area contributed by atoms with Gasteiger partial charge in [0.2, 0.25) is 0 Å². The van der Waals surface area contributed by atoms with E-state index in [1.807, 2.05) is 30.3 Å². The van der Waals surface area contributed by atoms with Crippen molar-refractivity contribution in [3.63, 3.8) is 0 Å². The normalized spacial score (nSPS) is 10.2. The number of anilines is 1. The molecule has 0 atom stereocenters. The average Bonchev–Trinajstić information content (AvgIpc) is 2.62. The predicted molar refractivity (Wildman–Crippen MR) is 63.2 cm³/mol. The zero-order chi connectivity index (χ0) is 11.5. The van der Waals surface area contributed by atoms with Gasteiger partial charge < -0.3 is 16.0 Å². The monoisotopic (exact) mass is 215 g/mol. The summed E-state index contributed by atoms with van der Waals surface area (Å²) in [5.41, 5.74) is 12.7. The number of hydrogen-bond acceptors (Lipinski definition) is 3. The molecule has 0 saturated carbocycles. The number of rotatable bonds is 3. The number of benzene rings is 1. The van der Waals surface area contributed by atoms with E-state index in [2.05, 4.69) is 4.98 Å². The zero-order valence-corrected chi connectivity index (χ0v) is 8.72. The number of aromatic nitrogens is 2. The minimum atomic E-state index is -0.107. The Labute approximate surface area is 93.2 Å². The van der Waals surface area contributed by atoms with E-state index in [4.69, 9.17) is 16.9 Å². The van der Waals surface area contributed by atoms with Gasteiger partial charge in [-0.1, -0.05) is 30.3 Å². The molecule has 0 amide bonds. The van der Waals surface area contributed by atoms with E-state index in [1.165, 1.54) is 0 Å². The van der Waals surface area contributed by atoms with Gasteiger partial charge in [-0.25, -0.2) is 4.98 Å². The van der Waals surface area contributed by atoms with Crippen molar-refractivity contribution < 1.29 is 0 Å². The van der Waals surface area contributed by atoms with Crippen molar-refractivity contribution in [2.45, 2.75) is 6.54 Å². The Morgan fingerprint density at radius 1 is 1.31 bits per heavy atom. The average molecular weight is 215 g/mol. The first-order valence-corrected chi connectivity index (χ1v) is 4.87. The Bertz CT molecular complexity index is 500. The molecular weight excluding hydrogens is 202 g/mol. The molecule has 5 N–H and O–H groups in total. The molecule has 5 nitrogen and oxygen atoms in total. The lowest BCUT2D eigenvalue weighted by atomic mass is 10.2. The number of nitrogens with zero attached hydrogens (tertiary/aromatic N) is 2. The van der Waals surface area contributed by atoms with Gasteiger partial charge in [-0.3, -0.25) is 5.41 Å². The summed E-state index contributed by atoms with van der Waals surface area (Å²) in [5.74, 6) is 0.320. The largest absolute Gasteiger partial charge is 0.383 e. The molecule has 1 aromatic carbocycles. The molecule has 0 fully saturated rings. The van der Waals surface area contributed by atoms with E-state index >= 15 is 0 Å². The standard InChI is InChI=1S/C11H13N5/c12-10(13)9-11(14)16(7-15-9)6-8-4-2-1-3-5-8/h1-5,7H,6,14H2,(H3,12,13). The molecule has 0 aliphatic heterocycles. The van der Waals surface area contributed by atoms with Crippen molar-refractivity contribution in [1.29, 1.82) is 5.41 Å². The topological polar surface area (TPSA) is 93.7 Å². The molecule has 16 heavy (non-hydrogen) atoms. The number of nitrogens with one attached hydrogen (secondary N) is 1. The first-order valence-electron chi connectivity index (χ1n) is 4.87. The van der Waals surface area contributed by atoms with Crippen molar-refractivity contribution in [3.8, 4) is 0 Å². The Kier molecular flexibility index (Phi) is 2.59. The summed E-state index contributed by atoms with van der Waals surface area (Å²) in [6.07, 6.45) is 1.60. The summed E-state index contributed by atoms with van der Waals surface area (Å²) < 4.78 is 1.77. The van der Waals surface area contributed by atoms with Gasteiger partial charge in [0.1, 0.15) is 17.3 Å². The first kappa shape index (κ1) is 10.2. The highest BCUT2D eigenvalue weighted by atomic mass is 15.1. The number of hydrogen-bond donors (Lipinski definition) is 3. The number of imidazole rings is 1. The molecule has 1 heterocycles. The van der Waals surface area contributed by atoms with E-state index in [-0.39, 0.29) is 5.84 Å². The van der Waals surface area contributed by atoms with Crippen molar-refractivity contribution in [2.24, 2.45) is 5.73 Å². The Hall–Kier alpha value is -2.30. The van der Waals surface area contributed by atoms with Crippen LogP contribution in [0.5, 0.6) is 0 Å². The van der Waals surface area contributed by atoms with E-state index in [1.54, 1.807) is 10.9 Å². The minimum absolute atomic E-state index is 0.107. The molecule has 0 spiro atoms. The second-order valence-electron chi connectivity index (χ2n) is 3.51. The van der Waals surface area contributed by atoms with Gasteiger partial charge in [0.15, 0.2) is 0 Å². The van der Waals surface area contributed by atoms with E-state index in [9.17, 15) is 0 Å². The van der Waals surface area contributed by atoms with Crippen molar-refractivity contribution in [2.75, 3.05) is 5.73 Å². The van der Waals surface area contributed by atoms with Crippen molar-refractivity contribution >= 4 is 11.7 Å². The third-order valence-electron chi connectivity index (χ3n) is 2.33. The molecule has 0 bridgehead atoms. The molecule has 0 unspecified atom stereocenters. The lowest BCUT2D eigenvalue weighted by Gasteiger charge is -2.05. The fraction of sp³-hybridized carbons (Fsp3) is 0.0909. The maximum atomic E-state index is 7.29. The van der Waals surface area contributed by atoms with Crippen LogP contribution in [0.2, 0.25) is 0 Å². The maximum Gasteiger partial charge on any atom is 0.146 e. The summed E-state index contributed by atoms with van der Waals surface area (Å²) in [4.78, 5) is 4.00. The van der Waals surface area contributed by atoms with Gasteiger partial charge in [-0.05, 0) is 5.56 Å². The van der Waals surface area contributed by atoms with Crippen LogP contribution >= 0.6 is 0 Å². The molecule has 82 valence electrons. The second-order valence-corrected chi connectivity index (χ2v) is 3.51. The smallest absolute Gasteiger partial charge is 0.146 e. The minimum Gasteiger partial charge on any atom is -0.383 e. The van der Waals surface area contributed by atoms with Gasteiger partial charge in [0.05, 0.1) is 12.9 Å². The summed E-state index contributed by atoms with van der Waals surface area (Å²) in [6.45, 7) is 0.632. The molecule has 0 aliphatic rings. The van der Waals surface area contributed by atoms with Gasteiger partial charge in [0, 0.05) is 0 Å². The van der Waals surface area contributed by atoms with Crippen LogP contribution in [0.4, 0.5) is 5.82 Å². The van der Waals surface area contributed by atoms with Crippen molar-refractivity contribution in [3.05, 3.63) is 47.9 Å². The fourth-order valence-electron chi connectivity index (χ4n) is 1.51. The molecule has 2 aromatic rings. The van der Waals surface area contributed by atoms with Crippen LogP contribution in [0.1, 0.15) is 11.3 Å². The van der Waals surface area contributed by atoms with E-state index in [0.29, 0.717) is 18.1 Å². The summed E-state index contributed by atoms with van der Waals surface area (Å²) in [5, 5.41) is 7.29. The highest BCUT2D eigenvalue weighted by molar-refractivity contribution is 5.97. The third kappa shape index (κ3) is 1.88. The van der Waals surface area contributed by atoms with Crippen LogP contribution in [-0.4, -0.2) is 15.4 Å². The van der Waals surface area contributed by atoms with Crippen LogP contribution in [0.3, 0.4) is 0 Å². The maximum absolute atomic E-state index is 7.29. The van der Waals surface area contributed by atoms with Gasteiger partial charge >= 0.3 is 0 Å².